The van der Waals surface area contributed by atoms with Crippen molar-refractivity contribution in [2.45, 2.75) is 18.4 Å². The molecule has 0 radical (unpaired) electrons. The van der Waals surface area contributed by atoms with Crippen LogP contribution in [0.3, 0.4) is 0 Å². The predicted octanol–water partition coefficient (Wildman–Crippen LogP) is 1.92. The molecule has 3 N–H and O–H groups in total. The lowest BCUT2D eigenvalue weighted by molar-refractivity contribution is -0.206. The highest BCUT2D eigenvalue weighted by atomic mass is 19.3. The van der Waals surface area contributed by atoms with Gasteiger partial charge in [-0.2, -0.15) is 13.9 Å². The smallest absolute Gasteiger partial charge is 0.323 e. The summed E-state index contributed by atoms with van der Waals surface area (Å²) in [7, 11) is 0. The Balaban J connectivity index is 2.12. The molecule has 1 aliphatic rings. The number of hydrogen-bond acceptors (Lipinski definition) is 6. The fraction of sp³-hybridized carbons (Fsp3) is 0.250. The maximum atomic E-state index is 15.3. The Labute approximate surface area is 146 Å². The van der Waals surface area contributed by atoms with Gasteiger partial charge in [0.05, 0.1) is 6.54 Å². The normalized spacial score (nSPS) is 16.5. The first-order chi connectivity index (χ1) is 12.2. The van der Waals surface area contributed by atoms with Crippen LogP contribution in [-0.2, 0) is 11.5 Å². The third-order valence-corrected chi connectivity index (χ3v) is 3.98. The zero-order chi connectivity index (χ0) is 18.9. The molecule has 0 amide bonds. The van der Waals surface area contributed by atoms with Gasteiger partial charge in [0, 0.05) is 17.8 Å². The number of aliphatic hydroxyl groups is 1. The molecule has 1 aliphatic heterocycles. The van der Waals surface area contributed by atoms with Gasteiger partial charge in [0.15, 0.2) is 5.60 Å². The molecule has 138 valence electrons. The van der Waals surface area contributed by atoms with Crippen molar-refractivity contribution in [1.29, 1.82) is 0 Å². The van der Waals surface area contributed by atoms with Crippen LogP contribution in [0.15, 0.2) is 41.6 Å². The molecule has 1 aromatic heterocycles. The molecule has 0 saturated heterocycles. The van der Waals surface area contributed by atoms with Crippen molar-refractivity contribution in [3.05, 3.63) is 65.0 Å². The van der Waals surface area contributed by atoms with Crippen LogP contribution >= 0.6 is 0 Å². The first-order valence-electron chi connectivity index (χ1n) is 7.53. The van der Waals surface area contributed by atoms with Crippen LogP contribution in [0.25, 0.3) is 0 Å². The topological polar surface area (TPSA) is 72.8 Å². The summed E-state index contributed by atoms with van der Waals surface area (Å²) < 4.78 is 58.0. The van der Waals surface area contributed by atoms with Gasteiger partial charge in [-0.05, 0) is 30.7 Å². The van der Waals surface area contributed by atoms with Crippen molar-refractivity contribution in [3.63, 3.8) is 0 Å². The van der Waals surface area contributed by atoms with E-state index < -0.39 is 41.0 Å². The lowest BCUT2D eigenvalue weighted by Crippen LogP contribution is -2.54. The summed E-state index contributed by atoms with van der Waals surface area (Å²) in [5.74, 6) is -6.26. The summed E-state index contributed by atoms with van der Waals surface area (Å²) in [6, 6.07) is 4.46. The fourth-order valence-electron chi connectivity index (χ4n) is 2.59. The number of alkyl halides is 2. The van der Waals surface area contributed by atoms with E-state index in [1.54, 1.807) is 6.92 Å². The Bertz CT molecular complexity index is 830. The summed E-state index contributed by atoms with van der Waals surface area (Å²) in [4.78, 5) is 3.67. The average molecular weight is 369 g/mol. The van der Waals surface area contributed by atoms with Crippen molar-refractivity contribution in [3.8, 4) is 0 Å². The number of aromatic nitrogens is 1. The second kappa shape index (κ2) is 6.54. The minimum atomic E-state index is -4.00. The van der Waals surface area contributed by atoms with Crippen molar-refractivity contribution < 1.29 is 22.7 Å². The minimum absolute atomic E-state index is 0.433. The van der Waals surface area contributed by atoms with Crippen LogP contribution in [-0.4, -0.2) is 28.0 Å². The van der Waals surface area contributed by atoms with Gasteiger partial charge in [-0.15, -0.1) is 5.53 Å². The summed E-state index contributed by atoms with van der Waals surface area (Å²) >= 11 is 0. The number of β-amino-alcohol motifs (C(OH)–C–C–N with tert-alkyl or cyclic N) is 1. The summed E-state index contributed by atoms with van der Waals surface area (Å²) in [6.07, 6.45) is 2.31. The number of aryl methyl sites for hydroxylation is 1. The SMILES string of the molecule is Cc1ccc(C(F)(F)[C@@](O)(CN2C=NNN2)c2ccc(F)cc2F)nc1. The number of pyridine rings is 1. The summed E-state index contributed by atoms with van der Waals surface area (Å²) in [6.45, 7) is 0.867. The van der Waals surface area contributed by atoms with E-state index in [1.165, 1.54) is 12.3 Å². The molecule has 10 heteroatoms. The maximum Gasteiger partial charge on any atom is 0.323 e. The number of hydrazone groups is 1. The zero-order valence-corrected chi connectivity index (χ0v) is 13.5. The fourth-order valence-corrected chi connectivity index (χ4v) is 2.59. The molecule has 0 spiro atoms. The van der Waals surface area contributed by atoms with E-state index >= 15 is 8.78 Å². The highest BCUT2D eigenvalue weighted by molar-refractivity contribution is 5.55. The van der Waals surface area contributed by atoms with Gasteiger partial charge in [0.1, 0.15) is 23.7 Å². The predicted molar refractivity (Wildman–Crippen MR) is 84.6 cm³/mol. The molecule has 1 atom stereocenters. The van der Waals surface area contributed by atoms with E-state index in [2.05, 4.69) is 21.2 Å². The Kier molecular flexibility index (Phi) is 4.55. The third-order valence-electron chi connectivity index (χ3n) is 3.98. The summed E-state index contributed by atoms with van der Waals surface area (Å²) in [5.41, 5.74) is 0.730. The zero-order valence-electron chi connectivity index (χ0n) is 13.5. The Morgan fingerprint density at radius 1 is 1.19 bits per heavy atom. The molecule has 2 heterocycles. The van der Waals surface area contributed by atoms with Gasteiger partial charge in [0.25, 0.3) is 0 Å². The van der Waals surface area contributed by atoms with E-state index in [-0.39, 0.29) is 0 Å². The van der Waals surface area contributed by atoms with Crippen LogP contribution in [0.4, 0.5) is 17.6 Å². The highest BCUT2D eigenvalue weighted by Gasteiger charge is 2.58. The second-order valence-electron chi connectivity index (χ2n) is 5.88. The van der Waals surface area contributed by atoms with Crippen LogP contribution in [0.5, 0.6) is 0 Å². The summed E-state index contributed by atoms with van der Waals surface area (Å²) in [5, 5.41) is 15.5. The molecule has 0 aliphatic carbocycles. The standard InChI is InChI=1S/C16H15F4N5O/c1-10-2-5-14(21-7-10)16(19,20)15(26,8-25-9-22-23-24-25)12-4-3-11(17)6-13(12)18/h2-7,9,23-24,26H,8H2,1H3/t15-/m1/s1. The first kappa shape index (κ1) is 18.1. The number of nitrogens with zero attached hydrogens (tertiary/aromatic N) is 3. The van der Waals surface area contributed by atoms with E-state index in [9.17, 15) is 13.9 Å². The molecule has 0 saturated carbocycles. The minimum Gasteiger partial charge on any atom is -0.377 e. The van der Waals surface area contributed by atoms with Gasteiger partial charge < -0.3 is 5.11 Å². The Morgan fingerprint density at radius 2 is 1.96 bits per heavy atom. The number of rotatable bonds is 5. The van der Waals surface area contributed by atoms with Crippen molar-refractivity contribution >= 4 is 6.34 Å². The van der Waals surface area contributed by atoms with E-state index in [0.717, 1.165) is 29.5 Å². The maximum absolute atomic E-state index is 15.3. The lowest BCUT2D eigenvalue weighted by atomic mass is 9.84. The van der Waals surface area contributed by atoms with Gasteiger partial charge >= 0.3 is 5.92 Å². The molecule has 26 heavy (non-hydrogen) atoms. The van der Waals surface area contributed by atoms with E-state index in [1.807, 2.05) is 0 Å². The molecule has 2 aromatic rings. The molecule has 0 bridgehead atoms. The Morgan fingerprint density at radius 3 is 2.54 bits per heavy atom. The highest BCUT2D eigenvalue weighted by Crippen LogP contribution is 2.46. The number of benzene rings is 1. The molecule has 0 unspecified atom stereocenters. The van der Waals surface area contributed by atoms with Gasteiger partial charge in [-0.1, -0.05) is 6.07 Å². The van der Waals surface area contributed by atoms with E-state index in [0.29, 0.717) is 11.6 Å². The van der Waals surface area contributed by atoms with Gasteiger partial charge in [-0.3, -0.25) is 9.99 Å². The second-order valence-corrected chi connectivity index (χ2v) is 5.88. The number of halogens is 4. The van der Waals surface area contributed by atoms with Crippen LogP contribution in [0.1, 0.15) is 16.8 Å². The monoisotopic (exact) mass is 369 g/mol. The van der Waals surface area contributed by atoms with Crippen molar-refractivity contribution in [2.24, 2.45) is 5.10 Å². The molecular formula is C16H15F4N5O. The largest absolute Gasteiger partial charge is 0.377 e. The van der Waals surface area contributed by atoms with Crippen LogP contribution in [0, 0.1) is 18.6 Å². The molecule has 3 rings (SSSR count). The Hall–Kier alpha value is -2.72. The number of nitrogens with one attached hydrogen (secondary N) is 2. The molecule has 6 nitrogen and oxygen atoms in total. The number of hydrogen-bond donors (Lipinski definition) is 3. The number of hydrazine groups is 2. The van der Waals surface area contributed by atoms with Crippen LogP contribution < -0.4 is 11.1 Å². The molecule has 1 aromatic carbocycles. The quantitative estimate of drug-likeness (QED) is 0.703. The first-order valence-corrected chi connectivity index (χ1v) is 7.53. The molecular weight excluding hydrogens is 354 g/mol. The molecule has 0 fully saturated rings. The van der Waals surface area contributed by atoms with E-state index in [4.69, 9.17) is 0 Å². The van der Waals surface area contributed by atoms with Gasteiger partial charge in [-0.25, -0.2) is 14.3 Å². The van der Waals surface area contributed by atoms with Gasteiger partial charge in [0.2, 0.25) is 0 Å². The van der Waals surface area contributed by atoms with Crippen LogP contribution in [0.2, 0.25) is 0 Å². The van der Waals surface area contributed by atoms with Crippen molar-refractivity contribution in [2.75, 3.05) is 6.54 Å². The lowest BCUT2D eigenvalue weighted by Gasteiger charge is -2.38. The average Bonchev–Trinajstić information content (AvgIpc) is 3.07. The third kappa shape index (κ3) is 3.08. The van der Waals surface area contributed by atoms with Crippen molar-refractivity contribution in [1.82, 2.24) is 21.1 Å².